The van der Waals surface area contributed by atoms with E-state index in [9.17, 15) is 4.79 Å². The van der Waals surface area contributed by atoms with Crippen molar-refractivity contribution in [2.45, 2.75) is 51.4 Å². The van der Waals surface area contributed by atoms with Gasteiger partial charge in [-0.3, -0.25) is 10.1 Å². The van der Waals surface area contributed by atoms with Crippen LogP contribution >= 0.6 is 11.8 Å². The van der Waals surface area contributed by atoms with E-state index in [4.69, 9.17) is 0 Å². The van der Waals surface area contributed by atoms with E-state index in [1.165, 1.54) is 5.56 Å². The Morgan fingerprint density at radius 2 is 2.05 bits per heavy atom. The van der Waals surface area contributed by atoms with Gasteiger partial charge in [0.15, 0.2) is 0 Å². The van der Waals surface area contributed by atoms with Gasteiger partial charge >= 0.3 is 0 Å². The van der Waals surface area contributed by atoms with E-state index in [2.05, 4.69) is 37.6 Å². The first-order chi connectivity index (χ1) is 10.2. The molecule has 3 atom stereocenters. The predicted molar refractivity (Wildman–Crippen MR) is 90.3 cm³/mol. The first-order valence-corrected chi connectivity index (χ1v) is 9.20. The molecular formula is C17H26N2OS. The molecule has 0 bridgehead atoms. The van der Waals surface area contributed by atoms with Crippen LogP contribution in [0.25, 0.3) is 0 Å². The first-order valence-electron chi connectivity index (χ1n) is 7.81. The molecule has 1 amide bonds. The molecule has 1 aromatic rings. The number of nitrogens with zero attached hydrogens (tertiary/aromatic N) is 1. The minimum atomic E-state index is -0.0283. The lowest BCUT2D eigenvalue weighted by atomic mass is 10.1. The maximum atomic E-state index is 12.8. The quantitative estimate of drug-likeness (QED) is 0.837. The highest BCUT2D eigenvalue weighted by atomic mass is 32.2. The van der Waals surface area contributed by atoms with Gasteiger partial charge in [-0.2, -0.15) is 11.8 Å². The summed E-state index contributed by atoms with van der Waals surface area (Å²) >= 11 is 1.79. The molecule has 1 N–H and O–H groups in total. The zero-order chi connectivity index (χ0) is 15.2. The average molecular weight is 306 g/mol. The summed E-state index contributed by atoms with van der Waals surface area (Å²) in [6.07, 6.45) is 5.26. The molecular weight excluding hydrogens is 280 g/mol. The molecule has 0 saturated carbocycles. The van der Waals surface area contributed by atoms with Crippen LogP contribution < -0.4 is 5.32 Å². The fraction of sp³-hybridized carbons (Fsp3) is 0.588. The van der Waals surface area contributed by atoms with Crippen LogP contribution in [0.1, 0.15) is 44.8 Å². The molecule has 0 spiro atoms. The molecule has 3 nitrogen and oxygen atoms in total. The largest absolute Gasteiger partial charge is 0.318 e. The topological polar surface area (TPSA) is 32.3 Å². The van der Waals surface area contributed by atoms with Crippen molar-refractivity contribution in [1.82, 2.24) is 10.2 Å². The minimum Gasteiger partial charge on any atom is -0.318 e. The summed E-state index contributed by atoms with van der Waals surface area (Å²) in [6.45, 7) is 4.32. The van der Waals surface area contributed by atoms with Crippen molar-refractivity contribution >= 4 is 17.7 Å². The molecule has 2 rings (SSSR count). The Labute approximate surface area is 132 Å². The Bertz CT molecular complexity index is 451. The fourth-order valence-corrected chi connectivity index (χ4v) is 3.59. The fourth-order valence-electron chi connectivity index (χ4n) is 2.95. The number of hydrogen-bond acceptors (Lipinski definition) is 3. The number of amides is 1. The number of hydrogen-bond donors (Lipinski definition) is 1. The van der Waals surface area contributed by atoms with Crippen LogP contribution in [0, 0.1) is 0 Å². The van der Waals surface area contributed by atoms with Gasteiger partial charge in [-0.25, -0.2) is 0 Å². The second kappa shape index (κ2) is 7.85. The maximum absolute atomic E-state index is 12.8. The summed E-state index contributed by atoms with van der Waals surface area (Å²) < 4.78 is 0. The highest BCUT2D eigenvalue weighted by molar-refractivity contribution is 7.98. The number of thioether (sulfide) groups is 1. The molecule has 21 heavy (non-hydrogen) atoms. The lowest BCUT2D eigenvalue weighted by Gasteiger charge is -2.30. The Balaban J connectivity index is 2.21. The number of carbonyl (C=O) groups excluding carboxylic acids is 1. The van der Waals surface area contributed by atoms with Gasteiger partial charge in [0.1, 0.15) is 6.17 Å². The summed E-state index contributed by atoms with van der Waals surface area (Å²) in [5, 5.41) is 3.55. The van der Waals surface area contributed by atoms with Gasteiger partial charge in [0.05, 0.1) is 6.04 Å². The van der Waals surface area contributed by atoms with Crippen LogP contribution in [0.3, 0.4) is 0 Å². The molecule has 0 radical (unpaired) electrons. The molecule has 1 saturated heterocycles. The van der Waals surface area contributed by atoms with Crippen LogP contribution in [-0.4, -0.2) is 34.9 Å². The minimum absolute atomic E-state index is 0.0164. The number of benzene rings is 1. The van der Waals surface area contributed by atoms with Gasteiger partial charge in [-0.15, -0.1) is 0 Å². The van der Waals surface area contributed by atoms with E-state index in [0.717, 1.165) is 25.0 Å². The lowest BCUT2D eigenvalue weighted by Crippen LogP contribution is -2.39. The van der Waals surface area contributed by atoms with E-state index in [1.54, 1.807) is 11.8 Å². The summed E-state index contributed by atoms with van der Waals surface area (Å²) in [7, 11) is 0. The van der Waals surface area contributed by atoms with Crippen LogP contribution in [0.4, 0.5) is 0 Å². The Hall–Kier alpha value is -1.00. The summed E-state index contributed by atoms with van der Waals surface area (Å²) in [5.74, 6) is 1.23. The van der Waals surface area contributed by atoms with Gasteiger partial charge in [-0.1, -0.05) is 50.1 Å². The third-order valence-corrected chi connectivity index (χ3v) is 4.85. The van der Waals surface area contributed by atoms with Crippen molar-refractivity contribution < 1.29 is 4.79 Å². The van der Waals surface area contributed by atoms with Crippen molar-refractivity contribution in [3.63, 3.8) is 0 Å². The molecule has 0 aromatic heterocycles. The molecule has 1 aliphatic rings. The monoisotopic (exact) mass is 306 g/mol. The molecule has 3 unspecified atom stereocenters. The van der Waals surface area contributed by atoms with Crippen LogP contribution in [0.5, 0.6) is 0 Å². The predicted octanol–water partition coefficient (Wildman–Crippen LogP) is 3.43. The Morgan fingerprint density at radius 3 is 2.67 bits per heavy atom. The van der Waals surface area contributed by atoms with E-state index >= 15 is 0 Å². The van der Waals surface area contributed by atoms with Crippen LogP contribution in [0.2, 0.25) is 0 Å². The smallest absolute Gasteiger partial charge is 0.241 e. The van der Waals surface area contributed by atoms with Crippen LogP contribution in [0.15, 0.2) is 30.3 Å². The molecule has 1 fully saturated rings. The highest BCUT2D eigenvalue weighted by Gasteiger charge is 2.41. The average Bonchev–Trinajstić information content (AvgIpc) is 2.83. The molecule has 0 aliphatic carbocycles. The van der Waals surface area contributed by atoms with E-state index in [1.807, 2.05) is 23.1 Å². The lowest BCUT2D eigenvalue weighted by molar-refractivity contribution is -0.131. The number of unbranched alkanes of at least 4 members (excludes halogenated alkanes) is 1. The van der Waals surface area contributed by atoms with Gasteiger partial charge < -0.3 is 4.90 Å². The number of rotatable bonds is 7. The third-order valence-electron chi connectivity index (χ3n) is 4.03. The molecule has 1 heterocycles. The van der Waals surface area contributed by atoms with Gasteiger partial charge in [-0.05, 0) is 25.2 Å². The second-order valence-electron chi connectivity index (χ2n) is 5.72. The van der Waals surface area contributed by atoms with Crippen LogP contribution in [-0.2, 0) is 4.79 Å². The highest BCUT2D eigenvalue weighted by Crippen LogP contribution is 2.29. The maximum Gasteiger partial charge on any atom is 0.241 e. The van der Waals surface area contributed by atoms with Gasteiger partial charge in [0.25, 0.3) is 0 Å². The zero-order valence-electron chi connectivity index (χ0n) is 13.2. The Kier molecular flexibility index (Phi) is 6.12. The standard InChI is InChI=1S/C17H26N2OS/c1-4-5-11-15-17(20)19(13(2)12-21-3)16(18-15)14-9-7-6-8-10-14/h6-10,13,15-16,18H,4-5,11-12H2,1-3H3. The van der Waals surface area contributed by atoms with E-state index in [0.29, 0.717) is 0 Å². The SMILES string of the molecule is CCCCC1NC(c2ccccc2)N(C(C)CSC)C1=O. The number of carbonyl (C=O) groups is 1. The Morgan fingerprint density at radius 1 is 1.33 bits per heavy atom. The molecule has 4 heteroatoms. The third kappa shape index (κ3) is 3.80. The van der Waals surface area contributed by atoms with Crippen molar-refractivity contribution in [3.05, 3.63) is 35.9 Å². The summed E-state index contributed by atoms with van der Waals surface area (Å²) in [5.41, 5.74) is 1.18. The molecule has 1 aromatic carbocycles. The molecule has 116 valence electrons. The van der Waals surface area contributed by atoms with Gasteiger partial charge in [0, 0.05) is 11.8 Å². The van der Waals surface area contributed by atoms with Crippen molar-refractivity contribution in [3.8, 4) is 0 Å². The summed E-state index contributed by atoms with van der Waals surface area (Å²) in [4.78, 5) is 14.8. The van der Waals surface area contributed by atoms with E-state index < -0.39 is 0 Å². The summed E-state index contributed by atoms with van der Waals surface area (Å²) in [6, 6.07) is 10.5. The zero-order valence-corrected chi connectivity index (χ0v) is 14.0. The van der Waals surface area contributed by atoms with Crippen molar-refractivity contribution in [2.75, 3.05) is 12.0 Å². The first kappa shape index (κ1) is 16.4. The van der Waals surface area contributed by atoms with Gasteiger partial charge in [0.2, 0.25) is 5.91 Å². The van der Waals surface area contributed by atoms with Crippen molar-refractivity contribution in [1.29, 1.82) is 0 Å². The molecule has 1 aliphatic heterocycles. The normalized spacial score (nSPS) is 23.6. The van der Waals surface area contributed by atoms with E-state index in [-0.39, 0.29) is 24.2 Å². The number of nitrogens with one attached hydrogen (secondary N) is 1. The van der Waals surface area contributed by atoms with Crippen molar-refractivity contribution in [2.24, 2.45) is 0 Å². The second-order valence-corrected chi connectivity index (χ2v) is 6.64.